The molecule has 42 heavy (non-hydrogen) atoms. The number of carbonyl (C=O) groups excluding carboxylic acids is 3. The van der Waals surface area contributed by atoms with Gasteiger partial charge in [0.2, 0.25) is 12.9 Å². The Morgan fingerprint density at radius 3 is 2.26 bits per heavy atom. The summed E-state index contributed by atoms with van der Waals surface area (Å²) in [6, 6.07) is 6.54. The summed E-state index contributed by atoms with van der Waals surface area (Å²) in [5.41, 5.74) is -0.590. The Kier molecular flexibility index (Phi) is 8.29. The molecule has 1 aromatic rings. The highest BCUT2D eigenvalue weighted by atomic mass is 16.7. The van der Waals surface area contributed by atoms with E-state index in [0.717, 1.165) is 24.3 Å². The number of benzene rings is 2. The van der Waals surface area contributed by atoms with Crippen molar-refractivity contribution >= 4 is 23.9 Å². The highest BCUT2D eigenvalue weighted by Gasteiger charge is 2.47. The highest BCUT2D eigenvalue weighted by molar-refractivity contribution is 6.38. The zero-order valence-electron chi connectivity index (χ0n) is 20.8. The number of phenolic OH excluding ortho intramolecular Hbond substituents is 3. The summed E-state index contributed by atoms with van der Waals surface area (Å²) in [5, 5.41) is 69.6. The lowest BCUT2D eigenvalue weighted by Gasteiger charge is -2.39. The van der Waals surface area contributed by atoms with E-state index < -0.39 is 83.9 Å². The Bertz CT molecular complexity index is 1580. The third kappa shape index (κ3) is 6.08. The number of phenols is 3. The molecule has 0 bridgehead atoms. The lowest BCUT2D eigenvalue weighted by molar-refractivity contribution is -0.277. The average molecular weight is 593 g/mol. The molecule has 0 amide bonds. The number of hydrogen-bond acceptors (Lipinski definition) is 15. The van der Waals surface area contributed by atoms with Gasteiger partial charge in [-0.1, -0.05) is 0 Å². The number of hydrogen-bond donors (Lipinski definition) is 7. The summed E-state index contributed by atoms with van der Waals surface area (Å²) in [7, 11) is 0. The molecule has 4 rings (SSSR count). The fourth-order valence-electron chi connectivity index (χ4n) is 3.80. The normalized spacial score (nSPS) is 21.8. The SMILES string of the molecule is O=C(O)C(=O)OC(=O)C(=[OH+])OCC1OC(Oc2cc3c(O)cc(=O)cc-3oc2-c2ccc(O)c(O)c2)C(O)C(O)C1O. The van der Waals surface area contributed by atoms with Crippen molar-refractivity contribution in [3.8, 4) is 45.6 Å². The van der Waals surface area contributed by atoms with Crippen LogP contribution < -0.4 is 10.2 Å². The highest BCUT2D eigenvalue weighted by Crippen LogP contribution is 2.43. The number of ether oxygens (including phenoxy) is 4. The van der Waals surface area contributed by atoms with Crippen LogP contribution in [0.3, 0.4) is 0 Å². The molecule has 5 atom stereocenters. The van der Waals surface area contributed by atoms with Crippen LogP contribution in [0.2, 0.25) is 0 Å². The molecular formula is C25H21O17+. The first-order valence-corrected chi connectivity index (χ1v) is 11.6. The van der Waals surface area contributed by atoms with Crippen LogP contribution in [0.5, 0.6) is 23.0 Å². The summed E-state index contributed by atoms with van der Waals surface area (Å²) < 4.78 is 25.4. The molecular weight excluding hydrogens is 572 g/mol. The molecule has 0 radical (unpaired) electrons. The minimum absolute atomic E-state index is 0.0453. The molecule has 1 aromatic carbocycles. The van der Waals surface area contributed by atoms with Gasteiger partial charge < -0.3 is 63.9 Å². The van der Waals surface area contributed by atoms with Crippen LogP contribution in [0.1, 0.15) is 0 Å². The van der Waals surface area contributed by atoms with Gasteiger partial charge in [-0.2, -0.15) is 0 Å². The van der Waals surface area contributed by atoms with Crippen molar-refractivity contribution < 1.29 is 78.3 Å². The van der Waals surface area contributed by atoms with Gasteiger partial charge >= 0.3 is 23.9 Å². The van der Waals surface area contributed by atoms with Gasteiger partial charge in [-0.15, -0.1) is 0 Å². The quantitative estimate of drug-likeness (QED) is 0.0576. The Morgan fingerprint density at radius 2 is 1.60 bits per heavy atom. The van der Waals surface area contributed by atoms with E-state index in [2.05, 4.69) is 9.47 Å². The van der Waals surface area contributed by atoms with E-state index in [9.17, 15) is 54.6 Å². The van der Waals surface area contributed by atoms with Crippen molar-refractivity contribution in [2.75, 3.05) is 6.61 Å². The number of rotatable bonds is 5. The maximum Gasteiger partial charge on any atom is 0.599 e. The van der Waals surface area contributed by atoms with Crippen molar-refractivity contribution in [3.05, 3.63) is 46.6 Å². The second kappa shape index (κ2) is 11.7. The molecule has 0 saturated carbocycles. The molecule has 1 aliphatic carbocycles. The average Bonchev–Trinajstić information content (AvgIpc) is 2.93. The molecule has 17 nitrogen and oxygen atoms in total. The monoisotopic (exact) mass is 593 g/mol. The number of carboxylic acids is 1. The first-order valence-electron chi connectivity index (χ1n) is 11.6. The van der Waals surface area contributed by atoms with E-state index in [4.69, 9.17) is 19.0 Å². The topological polar surface area (TPSA) is 281 Å². The molecule has 0 spiro atoms. The van der Waals surface area contributed by atoms with E-state index in [1.807, 2.05) is 0 Å². The summed E-state index contributed by atoms with van der Waals surface area (Å²) in [5.74, 6) is -9.87. The number of aliphatic hydroxyl groups is 3. The van der Waals surface area contributed by atoms with E-state index in [1.165, 1.54) is 12.1 Å². The van der Waals surface area contributed by atoms with Crippen molar-refractivity contribution in [2.24, 2.45) is 0 Å². The van der Waals surface area contributed by atoms with Crippen LogP contribution in [-0.2, 0) is 28.6 Å². The number of fused-ring (bicyclic) bond motifs is 1. The lowest BCUT2D eigenvalue weighted by atomic mass is 9.99. The molecule has 1 fully saturated rings. The first kappa shape index (κ1) is 29.7. The maximum atomic E-state index is 11.9. The lowest BCUT2D eigenvalue weighted by Crippen LogP contribution is -2.60. The van der Waals surface area contributed by atoms with Crippen molar-refractivity contribution in [2.45, 2.75) is 30.7 Å². The van der Waals surface area contributed by atoms with Crippen molar-refractivity contribution in [1.29, 1.82) is 0 Å². The second-order valence-electron chi connectivity index (χ2n) is 8.73. The zero-order valence-corrected chi connectivity index (χ0v) is 20.8. The fourth-order valence-corrected chi connectivity index (χ4v) is 3.80. The number of carbonyl (C=O) groups is 3. The van der Waals surface area contributed by atoms with Gasteiger partial charge in [0, 0.05) is 17.7 Å². The van der Waals surface area contributed by atoms with E-state index in [-0.39, 0.29) is 28.4 Å². The smallest absolute Gasteiger partial charge is 0.507 e. The van der Waals surface area contributed by atoms with E-state index in [1.54, 1.807) is 0 Å². The van der Waals surface area contributed by atoms with Crippen LogP contribution >= 0.6 is 0 Å². The Morgan fingerprint density at radius 1 is 0.881 bits per heavy atom. The van der Waals surface area contributed by atoms with Crippen LogP contribution in [0.25, 0.3) is 22.6 Å². The van der Waals surface area contributed by atoms with Gasteiger partial charge in [-0.25, -0.2) is 14.4 Å². The van der Waals surface area contributed by atoms with E-state index in [0.29, 0.717) is 0 Å². The largest absolute Gasteiger partial charge is 0.599 e. The number of aromatic hydroxyl groups is 3. The minimum atomic E-state index is -2.14. The molecule has 5 unspecified atom stereocenters. The molecule has 222 valence electrons. The van der Waals surface area contributed by atoms with Crippen LogP contribution in [0.4, 0.5) is 0 Å². The van der Waals surface area contributed by atoms with E-state index >= 15 is 0 Å². The van der Waals surface area contributed by atoms with Gasteiger partial charge in [-0.3, -0.25) is 4.79 Å². The number of esters is 3. The Labute approximate surface area is 232 Å². The van der Waals surface area contributed by atoms with Gasteiger partial charge in [0.05, 0.1) is 5.56 Å². The van der Waals surface area contributed by atoms with Gasteiger partial charge in [-0.05, 0) is 24.3 Å². The molecule has 0 aromatic heterocycles. The first-order chi connectivity index (χ1) is 19.8. The molecule has 8 N–H and O–H groups in total. The Hall–Kier alpha value is -5.23. The zero-order chi connectivity index (χ0) is 30.9. The molecule has 2 aliphatic heterocycles. The van der Waals surface area contributed by atoms with Gasteiger partial charge in [0.1, 0.15) is 29.8 Å². The minimum Gasteiger partial charge on any atom is -0.507 e. The summed E-state index contributed by atoms with van der Waals surface area (Å²) in [6.45, 7) is -0.930. The number of aliphatic hydroxyl groups excluding tert-OH is 3. The van der Waals surface area contributed by atoms with Gasteiger partial charge in [0.15, 0.2) is 34.5 Å². The van der Waals surface area contributed by atoms with Gasteiger partial charge in [0.25, 0.3) is 0 Å². The number of aliphatic carboxylic acids is 1. The third-order valence-corrected chi connectivity index (χ3v) is 5.87. The molecule has 1 saturated heterocycles. The Balaban J connectivity index is 1.63. The van der Waals surface area contributed by atoms with Crippen LogP contribution in [0.15, 0.2) is 45.6 Å². The third-order valence-electron chi connectivity index (χ3n) is 5.87. The van der Waals surface area contributed by atoms with Crippen molar-refractivity contribution in [1.82, 2.24) is 0 Å². The summed E-state index contributed by atoms with van der Waals surface area (Å²) in [6.07, 6.45) is -9.33. The molecule has 3 aliphatic rings. The predicted molar refractivity (Wildman–Crippen MR) is 131 cm³/mol. The predicted octanol–water partition coefficient (Wildman–Crippen LogP) is -1.61. The van der Waals surface area contributed by atoms with Crippen molar-refractivity contribution in [3.63, 3.8) is 0 Å². The standard InChI is InChI=1S/C25H20O17/c26-9-4-12(28)10-6-15(20(39-14(10)5-9)8-1-2-11(27)13(29)3-8)40-25-19(32)18(31)17(30)16(41-25)7-38-23(36)24(37)42-22(35)21(33)34/h1-6,16-19,25,27-32H,7H2,(H,33,34)/p+1. The fraction of sp³-hybridized carbons (Fsp3) is 0.240. The second-order valence-corrected chi connectivity index (χ2v) is 8.73. The van der Waals surface area contributed by atoms with Crippen LogP contribution in [-0.4, -0.2) is 102 Å². The summed E-state index contributed by atoms with van der Waals surface area (Å²) >= 11 is 0. The molecule has 17 heteroatoms. The van der Waals surface area contributed by atoms with Crippen LogP contribution in [0, 0.1) is 0 Å². The summed E-state index contributed by atoms with van der Waals surface area (Å²) in [4.78, 5) is 54.6. The number of carboxylic acid groups (broad SMARTS) is 1. The maximum absolute atomic E-state index is 11.9. The molecule has 2 heterocycles.